The molecule has 0 saturated carbocycles. The van der Waals surface area contributed by atoms with Crippen molar-refractivity contribution >= 4 is 38.8 Å². The number of H-pyrrole nitrogens is 1. The van der Waals surface area contributed by atoms with Crippen LogP contribution in [0.2, 0.25) is 0 Å². The Morgan fingerprint density at radius 3 is 3.04 bits per heavy atom. The van der Waals surface area contributed by atoms with Crippen molar-refractivity contribution < 1.29 is 14.3 Å². The Kier molecular flexibility index (Phi) is 4.24. The standard InChI is InChI=1S/C17H19BrN4O3/c18-10-5-12-13(9-21-14(12)20-7-10)15(23)22-8-11-6-17(16(24)25-11)1-3-19-4-2-17/h5,7,9,11,19H,1-4,6,8H2,(H,20,21)(H,22,23). The Balaban J connectivity index is 1.42. The molecule has 0 aliphatic carbocycles. The zero-order valence-electron chi connectivity index (χ0n) is 13.6. The van der Waals surface area contributed by atoms with Gasteiger partial charge in [0, 0.05) is 28.7 Å². The van der Waals surface area contributed by atoms with Crippen LogP contribution < -0.4 is 10.6 Å². The molecule has 2 aromatic rings. The minimum absolute atomic E-state index is 0.117. The lowest BCUT2D eigenvalue weighted by atomic mass is 9.76. The number of hydrogen-bond acceptors (Lipinski definition) is 5. The van der Waals surface area contributed by atoms with Gasteiger partial charge in [0.15, 0.2) is 0 Å². The van der Waals surface area contributed by atoms with E-state index in [2.05, 4.69) is 36.5 Å². The van der Waals surface area contributed by atoms with E-state index in [1.54, 1.807) is 12.4 Å². The molecule has 0 radical (unpaired) electrons. The summed E-state index contributed by atoms with van der Waals surface area (Å²) in [6.45, 7) is 2.00. The van der Waals surface area contributed by atoms with E-state index in [0.717, 1.165) is 35.8 Å². The van der Waals surface area contributed by atoms with Gasteiger partial charge in [-0.05, 0) is 47.9 Å². The first-order valence-corrected chi connectivity index (χ1v) is 9.19. The van der Waals surface area contributed by atoms with Crippen molar-refractivity contribution in [2.45, 2.75) is 25.4 Å². The number of esters is 1. The second kappa shape index (κ2) is 6.42. The van der Waals surface area contributed by atoms with Crippen molar-refractivity contribution in [2.75, 3.05) is 19.6 Å². The fraction of sp³-hybridized carbons (Fsp3) is 0.471. The first kappa shape index (κ1) is 16.5. The van der Waals surface area contributed by atoms with Crippen molar-refractivity contribution in [1.82, 2.24) is 20.6 Å². The second-order valence-corrected chi connectivity index (χ2v) is 7.64. The molecule has 4 rings (SSSR count). The lowest BCUT2D eigenvalue weighted by molar-refractivity contribution is -0.149. The van der Waals surface area contributed by atoms with Crippen LogP contribution in [0.3, 0.4) is 0 Å². The van der Waals surface area contributed by atoms with Gasteiger partial charge < -0.3 is 20.4 Å². The van der Waals surface area contributed by atoms with E-state index in [-0.39, 0.29) is 23.4 Å². The molecule has 0 aromatic carbocycles. The number of hydrogen-bond donors (Lipinski definition) is 3. The number of carbonyl (C=O) groups is 2. The molecule has 2 aliphatic heterocycles. The van der Waals surface area contributed by atoms with Gasteiger partial charge in [0.1, 0.15) is 11.8 Å². The lowest BCUT2D eigenvalue weighted by Crippen LogP contribution is -2.39. The van der Waals surface area contributed by atoms with E-state index in [1.807, 2.05) is 6.07 Å². The molecule has 1 spiro atoms. The number of aromatic nitrogens is 2. The Hall–Kier alpha value is -1.93. The molecule has 0 bridgehead atoms. The monoisotopic (exact) mass is 406 g/mol. The molecule has 2 fully saturated rings. The van der Waals surface area contributed by atoms with Crippen molar-refractivity contribution in [1.29, 1.82) is 0 Å². The van der Waals surface area contributed by atoms with Gasteiger partial charge in [-0.25, -0.2) is 4.98 Å². The number of nitrogens with zero attached hydrogens (tertiary/aromatic N) is 1. The van der Waals surface area contributed by atoms with E-state index >= 15 is 0 Å². The number of carbonyl (C=O) groups excluding carboxylic acids is 2. The van der Waals surface area contributed by atoms with Crippen LogP contribution in [-0.2, 0) is 9.53 Å². The number of ether oxygens (including phenoxy) is 1. The van der Waals surface area contributed by atoms with Crippen molar-refractivity contribution in [3.8, 4) is 0 Å². The summed E-state index contributed by atoms with van der Waals surface area (Å²) >= 11 is 3.37. The highest BCUT2D eigenvalue weighted by Gasteiger charge is 2.49. The Bertz CT molecular complexity index is 828. The quantitative estimate of drug-likeness (QED) is 0.674. The molecule has 2 aromatic heterocycles. The highest BCUT2D eigenvalue weighted by atomic mass is 79.9. The molecule has 3 N–H and O–H groups in total. The summed E-state index contributed by atoms with van der Waals surface area (Å²) in [6, 6.07) is 1.85. The topological polar surface area (TPSA) is 96.1 Å². The molecular weight excluding hydrogens is 388 g/mol. The fourth-order valence-electron chi connectivity index (χ4n) is 3.73. The Morgan fingerprint density at radius 2 is 2.24 bits per heavy atom. The van der Waals surface area contributed by atoms with Gasteiger partial charge in [0.2, 0.25) is 0 Å². The molecule has 8 heteroatoms. The second-order valence-electron chi connectivity index (χ2n) is 6.72. The molecule has 25 heavy (non-hydrogen) atoms. The van der Waals surface area contributed by atoms with Gasteiger partial charge >= 0.3 is 5.97 Å². The molecule has 2 saturated heterocycles. The number of nitrogens with one attached hydrogen (secondary N) is 3. The third-order valence-electron chi connectivity index (χ3n) is 5.12. The zero-order valence-corrected chi connectivity index (χ0v) is 15.2. The molecule has 132 valence electrons. The smallest absolute Gasteiger partial charge is 0.312 e. The Labute approximate surface area is 153 Å². The van der Waals surface area contributed by atoms with Gasteiger partial charge in [0.25, 0.3) is 5.91 Å². The molecule has 4 heterocycles. The maximum atomic E-state index is 12.5. The number of amides is 1. The summed E-state index contributed by atoms with van der Waals surface area (Å²) < 4.78 is 6.33. The summed E-state index contributed by atoms with van der Waals surface area (Å²) in [5, 5.41) is 6.91. The third kappa shape index (κ3) is 3.04. The van der Waals surface area contributed by atoms with Crippen LogP contribution in [0.25, 0.3) is 11.0 Å². The van der Waals surface area contributed by atoms with E-state index in [0.29, 0.717) is 24.2 Å². The SMILES string of the molecule is O=C(NCC1CC2(CCNCC2)C(=O)O1)c1c[nH]c2ncc(Br)cc12. The van der Waals surface area contributed by atoms with Crippen LogP contribution >= 0.6 is 15.9 Å². The molecule has 1 amide bonds. The van der Waals surface area contributed by atoms with Gasteiger partial charge in [-0.2, -0.15) is 0 Å². The minimum Gasteiger partial charge on any atom is -0.460 e. The number of piperidine rings is 1. The number of pyridine rings is 1. The molecule has 2 aliphatic rings. The summed E-state index contributed by atoms with van der Waals surface area (Å²) in [5.74, 6) is -0.318. The predicted molar refractivity (Wildman–Crippen MR) is 95.2 cm³/mol. The van der Waals surface area contributed by atoms with Crippen LogP contribution in [0, 0.1) is 5.41 Å². The Morgan fingerprint density at radius 1 is 1.44 bits per heavy atom. The van der Waals surface area contributed by atoms with Crippen LogP contribution in [0.5, 0.6) is 0 Å². The van der Waals surface area contributed by atoms with E-state index in [1.165, 1.54) is 0 Å². The fourth-order valence-corrected chi connectivity index (χ4v) is 4.06. The number of rotatable bonds is 3. The molecule has 1 atom stereocenters. The predicted octanol–water partition coefficient (Wildman–Crippen LogP) is 1.74. The molecule has 7 nitrogen and oxygen atoms in total. The maximum absolute atomic E-state index is 12.5. The highest BCUT2D eigenvalue weighted by Crippen LogP contribution is 2.41. The first-order chi connectivity index (χ1) is 12.1. The average molecular weight is 407 g/mol. The van der Waals surface area contributed by atoms with Crippen molar-refractivity contribution in [3.05, 3.63) is 28.5 Å². The summed E-state index contributed by atoms with van der Waals surface area (Å²) in [6.07, 6.45) is 5.35. The van der Waals surface area contributed by atoms with Crippen LogP contribution in [0.1, 0.15) is 29.6 Å². The maximum Gasteiger partial charge on any atom is 0.312 e. The van der Waals surface area contributed by atoms with Crippen molar-refractivity contribution in [3.63, 3.8) is 0 Å². The zero-order chi connectivity index (χ0) is 17.4. The summed E-state index contributed by atoms with van der Waals surface area (Å²) in [4.78, 5) is 32.0. The van der Waals surface area contributed by atoms with Crippen LogP contribution in [0.15, 0.2) is 22.9 Å². The average Bonchev–Trinajstić information content (AvgIpc) is 3.15. The number of halogens is 1. The number of cyclic esters (lactones) is 1. The van der Waals surface area contributed by atoms with E-state index < -0.39 is 0 Å². The normalized spacial score (nSPS) is 22.3. The van der Waals surface area contributed by atoms with E-state index in [9.17, 15) is 9.59 Å². The van der Waals surface area contributed by atoms with Crippen LogP contribution in [0.4, 0.5) is 0 Å². The van der Waals surface area contributed by atoms with Gasteiger partial charge in [-0.3, -0.25) is 9.59 Å². The van der Waals surface area contributed by atoms with Gasteiger partial charge in [0.05, 0.1) is 17.5 Å². The number of fused-ring (bicyclic) bond motifs is 1. The number of aromatic amines is 1. The third-order valence-corrected chi connectivity index (χ3v) is 5.55. The first-order valence-electron chi connectivity index (χ1n) is 8.40. The lowest BCUT2D eigenvalue weighted by Gasteiger charge is -2.29. The van der Waals surface area contributed by atoms with Gasteiger partial charge in [-0.15, -0.1) is 0 Å². The summed E-state index contributed by atoms with van der Waals surface area (Å²) in [5.41, 5.74) is 0.829. The highest BCUT2D eigenvalue weighted by molar-refractivity contribution is 9.10. The van der Waals surface area contributed by atoms with Gasteiger partial charge in [-0.1, -0.05) is 0 Å². The minimum atomic E-state index is -0.365. The molecular formula is C17H19BrN4O3. The van der Waals surface area contributed by atoms with Crippen LogP contribution in [-0.4, -0.2) is 47.6 Å². The molecule has 1 unspecified atom stereocenters. The summed E-state index contributed by atoms with van der Waals surface area (Å²) in [7, 11) is 0. The van der Waals surface area contributed by atoms with E-state index in [4.69, 9.17) is 4.74 Å². The van der Waals surface area contributed by atoms with Crippen molar-refractivity contribution in [2.24, 2.45) is 5.41 Å². The largest absolute Gasteiger partial charge is 0.460 e.